The van der Waals surface area contributed by atoms with Gasteiger partial charge in [-0.15, -0.1) is 15.3 Å². The zero-order valence-corrected chi connectivity index (χ0v) is 15.0. The molecule has 26 heavy (non-hydrogen) atoms. The van der Waals surface area contributed by atoms with Crippen LogP contribution in [-0.4, -0.2) is 35.9 Å². The molecule has 1 unspecified atom stereocenters. The Kier molecular flexibility index (Phi) is 3.41. The predicted octanol–water partition coefficient (Wildman–Crippen LogP) is 3.14. The van der Waals surface area contributed by atoms with Crippen molar-refractivity contribution in [3.8, 4) is 0 Å². The molecule has 1 aliphatic heterocycles. The monoisotopic (exact) mass is 347 g/mol. The van der Waals surface area contributed by atoms with Crippen molar-refractivity contribution in [1.82, 2.24) is 29.4 Å². The van der Waals surface area contributed by atoms with Crippen LogP contribution in [0.1, 0.15) is 37.5 Å². The minimum absolute atomic E-state index is 0.240. The molecule has 1 fully saturated rings. The second-order valence-electron chi connectivity index (χ2n) is 6.76. The lowest BCUT2D eigenvalue weighted by molar-refractivity contribution is 0.602. The lowest BCUT2D eigenvalue weighted by Crippen LogP contribution is -2.26. The number of fused-ring (bicyclic) bond motifs is 2. The van der Waals surface area contributed by atoms with Gasteiger partial charge < -0.3 is 9.47 Å². The third-order valence-electron chi connectivity index (χ3n) is 5.25. The number of para-hydroxylation sites is 2. The summed E-state index contributed by atoms with van der Waals surface area (Å²) in [7, 11) is 0. The molecule has 0 N–H and O–H groups in total. The molecule has 1 atom stereocenters. The van der Waals surface area contributed by atoms with Crippen LogP contribution in [-0.2, 0) is 6.54 Å². The summed E-state index contributed by atoms with van der Waals surface area (Å²) < 4.78 is 4.15. The predicted molar refractivity (Wildman–Crippen MR) is 100 cm³/mol. The highest BCUT2D eigenvalue weighted by molar-refractivity contribution is 5.76. The van der Waals surface area contributed by atoms with E-state index in [0.29, 0.717) is 0 Å². The van der Waals surface area contributed by atoms with Crippen LogP contribution in [0.5, 0.6) is 0 Å². The zero-order valence-electron chi connectivity index (χ0n) is 15.0. The molecule has 5 rings (SSSR count). The molecule has 7 heteroatoms. The number of aromatic nitrogens is 6. The normalized spacial score (nSPS) is 17.6. The molecule has 1 aliphatic rings. The summed E-state index contributed by atoms with van der Waals surface area (Å²) in [4.78, 5) is 7.34. The molecule has 0 spiro atoms. The first-order valence-corrected chi connectivity index (χ1v) is 9.17. The van der Waals surface area contributed by atoms with Gasteiger partial charge in [0.1, 0.15) is 11.6 Å². The topological polar surface area (TPSA) is 64.1 Å². The highest BCUT2D eigenvalue weighted by atomic mass is 15.4. The van der Waals surface area contributed by atoms with Crippen LogP contribution in [0.25, 0.3) is 16.7 Å². The minimum Gasteiger partial charge on any atom is -0.345 e. The molecule has 4 aromatic rings. The van der Waals surface area contributed by atoms with Gasteiger partial charge in [-0.2, -0.15) is 4.52 Å². The molecular formula is C19H21N7. The van der Waals surface area contributed by atoms with Gasteiger partial charge in [0.2, 0.25) is 0 Å². The number of nitrogens with zero attached hydrogens (tertiary/aromatic N) is 7. The van der Waals surface area contributed by atoms with Crippen LogP contribution < -0.4 is 4.90 Å². The first kappa shape index (κ1) is 15.3. The zero-order chi connectivity index (χ0) is 17.7. The lowest BCUT2D eigenvalue weighted by Gasteiger charge is -2.25. The van der Waals surface area contributed by atoms with Gasteiger partial charge in [-0.3, -0.25) is 0 Å². The summed E-state index contributed by atoms with van der Waals surface area (Å²) in [6.07, 6.45) is 2.22. The summed E-state index contributed by atoms with van der Waals surface area (Å²) in [5.74, 6) is 2.89. The highest BCUT2D eigenvalue weighted by Crippen LogP contribution is 2.36. The fourth-order valence-electron chi connectivity index (χ4n) is 4.03. The van der Waals surface area contributed by atoms with Crippen LogP contribution in [0.15, 0.2) is 36.4 Å². The van der Waals surface area contributed by atoms with E-state index < -0.39 is 0 Å². The summed E-state index contributed by atoms with van der Waals surface area (Å²) in [5, 5.41) is 13.0. The second-order valence-corrected chi connectivity index (χ2v) is 6.76. The molecule has 4 heterocycles. The smallest absolute Gasteiger partial charge is 0.178 e. The maximum atomic E-state index is 4.97. The Morgan fingerprint density at radius 1 is 1.12 bits per heavy atom. The number of benzene rings is 1. The average molecular weight is 347 g/mol. The van der Waals surface area contributed by atoms with Crippen LogP contribution in [0.4, 0.5) is 5.82 Å². The van der Waals surface area contributed by atoms with Crippen LogP contribution in [0, 0.1) is 6.92 Å². The standard InChI is InChI=1S/C19H21N7/c1-3-24-15-8-5-4-7-14(15)20-19(24)16-9-6-12-25(16)18-11-10-17-22-21-13(2)26(17)23-18/h4-5,7-8,10-11,16H,3,6,9,12H2,1-2H3. The number of hydrogen-bond donors (Lipinski definition) is 0. The summed E-state index contributed by atoms with van der Waals surface area (Å²) in [6, 6.07) is 12.6. The summed E-state index contributed by atoms with van der Waals surface area (Å²) in [5.41, 5.74) is 3.05. The number of rotatable bonds is 3. The van der Waals surface area contributed by atoms with Crippen molar-refractivity contribution in [2.45, 2.75) is 39.3 Å². The largest absolute Gasteiger partial charge is 0.345 e. The molecule has 0 bridgehead atoms. The van der Waals surface area contributed by atoms with E-state index in [1.54, 1.807) is 0 Å². The molecule has 0 amide bonds. The number of imidazole rings is 1. The van der Waals surface area contributed by atoms with Crippen molar-refractivity contribution in [3.05, 3.63) is 48.0 Å². The molecule has 132 valence electrons. The summed E-state index contributed by atoms with van der Waals surface area (Å²) in [6.45, 7) is 6.00. The Morgan fingerprint density at radius 3 is 2.88 bits per heavy atom. The maximum Gasteiger partial charge on any atom is 0.178 e. The van der Waals surface area contributed by atoms with Gasteiger partial charge in [-0.25, -0.2) is 4.98 Å². The number of anilines is 1. The SMILES string of the molecule is CCn1c(C2CCCN2c2ccc3nnc(C)n3n2)nc2ccccc21. The maximum absolute atomic E-state index is 4.97. The Balaban J connectivity index is 1.61. The molecule has 0 radical (unpaired) electrons. The van der Waals surface area contributed by atoms with Gasteiger partial charge in [0.05, 0.1) is 17.1 Å². The number of aryl methyl sites for hydroxylation is 2. The van der Waals surface area contributed by atoms with Crippen molar-refractivity contribution in [2.75, 3.05) is 11.4 Å². The Labute approximate surface area is 151 Å². The molecule has 1 aromatic carbocycles. The third kappa shape index (κ3) is 2.20. The minimum atomic E-state index is 0.240. The van der Waals surface area contributed by atoms with Gasteiger partial charge in [0.25, 0.3) is 0 Å². The Morgan fingerprint density at radius 2 is 2.00 bits per heavy atom. The van der Waals surface area contributed by atoms with Crippen molar-refractivity contribution < 1.29 is 0 Å². The quantitative estimate of drug-likeness (QED) is 0.570. The van der Waals surface area contributed by atoms with Gasteiger partial charge in [-0.05, 0) is 51.0 Å². The van der Waals surface area contributed by atoms with Crippen molar-refractivity contribution in [3.63, 3.8) is 0 Å². The van der Waals surface area contributed by atoms with E-state index in [-0.39, 0.29) is 6.04 Å². The average Bonchev–Trinajstić information content (AvgIpc) is 3.37. The van der Waals surface area contributed by atoms with E-state index in [4.69, 9.17) is 10.1 Å². The summed E-state index contributed by atoms with van der Waals surface area (Å²) >= 11 is 0. The molecular weight excluding hydrogens is 326 g/mol. The Hall–Kier alpha value is -2.96. The molecule has 1 saturated heterocycles. The molecule has 0 aliphatic carbocycles. The van der Waals surface area contributed by atoms with Gasteiger partial charge >= 0.3 is 0 Å². The third-order valence-corrected chi connectivity index (χ3v) is 5.25. The molecule has 7 nitrogen and oxygen atoms in total. The van der Waals surface area contributed by atoms with E-state index in [1.165, 1.54) is 5.52 Å². The van der Waals surface area contributed by atoms with Crippen molar-refractivity contribution >= 4 is 22.5 Å². The van der Waals surface area contributed by atoms with E-state index in [1.807, 2.05) is 23.6 Å². The van der Waals surface area contributed by atoms with Gasteiger partial charge in [0.15, 0.2) is 11.5 Å². The van der Waals surface area contributed by atoms with Crippen molar-refractivity contribution in [1.29, 1.82) is 0 Å². The van der Waals surface area contributed by atoms with E-state index in [2.05, 4.69) is 50.9 Å². The second kappa shape index (κ2) is 5.79. The lowest BCUT2D eigenvalue weighted by atomic mass is 10.2. The van der Waals surface area contributed by atoms with E-state index in [9.17, 15) is 0 Å². The first-order chi connectivity index (χ1) is 12.8. The van der Waals surface area contributed by atoms with Crippen LogP contribution in [0.3, 0.4) is 0 Å². The molecule has 3 aromatic heterocycles. The highest BCUT2D eigenvalue weighted by Gasteiger charge is 2.31. The van der Waals surface area contributed by atoms with E-state index in [0.717, 1.165) is 54.6 Å². The van der Waals surface area contributed by atoms with Crippen molar-refractivity contribution in [2.24, 2.45) is 0 Å². The Bertz CT molecular complexity index is 1090. The van der Waals surface area contributed by atoms with Crippen LogP contribution in [0.2, 0.25) is 0 Å². The van der Waals surface area contributed by atoms with Gasteiger partial charge in [0, 0.05) is 13.1 Å². The number of hydrogen-bond acceptors (Lipinski definition) is 5. The fraction of sp³-hybridized carbons (Fsp3) is 0.368. The van der Waals surface area contributed by atoms with Crippen LogP contribution >= 0.6 is 0 Å². The fourth-order valence-corrected chi connectivity index (χ4v) is 4.03. The van der Waals surface area contributed by atoms with E-state index >= 15 is 0 Å². The first-order valence-electron chi connectivity index (χ1n) is 9.17. The molecule has 0 saturated carbocycles. The van der Waals surface area contributed by atoms with Gasteiger partial charge in [-0.1, -0.05) is 12.1 Å².